The Morgan fingerprint density at radius 3 is 2.33 bits per heavy atom. The molecule has 5 nitrogen and oxygen atoms in total. The van der Waals surface area contributed by atoms with E-state index >= 15 is 0 Å². The fourth-order valence-electron chi connectivity index (χ4n) is 2.02. The summed E-state index contributed by atoms with van der Waals surface area (Å²) in [6, 6.07) is 0. The van der Waals surface area contributed by atoms with E-state index in [0.29, 0.717) is 6.54 Å². The highest BCUT2D eigenvalue weighted by Gasteiger charge is 2.49. The number of carbonyl (C=O) groups is 1. The van der Waals surface area contributed by atoms with Crippen LogP contribution in [0.4, 0.5) is 0 Å². The number of esters is 1. The van der Waals surface area contributed by atoms with Gasteiger partial charge in [0.1, 0.15) is 0 Å². The van der Waals surface area contributed by atoms with Crippen LogP contribution < -0.4 is 0 Å². The molecule has 0 aromatic carbocycles. The van der Waals surface area contributed by atoms with Gasteiger partial charge in [0.25, 0.3) is 0 Å². The Hall–Kier alpha value is -0.845. The van der Waals surface area contributed by atoms with Gasteiger partial charge in [-0.05, 0) is 54.1 Å². The summed E-state index contributed by atoms with van der Waals surface area (Å²) in [6.07, 6.45) is 3.98. The first-order valence-corrected chi connectivity index (χ1v) is 7.45. The van der Waals surface area contributed by atoms with Gasteiger partial charge in [-0.1, -0.05) is 12.1 Å². The summed E-state index contributed by atoms with van der Waals surface area (Å²) >= 11 is 0. The third-order valence-corrected chi connectivity index (χ3v) is 4.10. The normalized spacial score (nSPS) is 20.4. The molecule has 1 aliphatic heterocycles. The molecular weight excluding hydrogens is 269 g/mol. The molecule has 1 saturated heterocycles. The van der Waals surface area contributed by atoms with Gasteiger partial charge in [-0.15, -0.1) is 0 Å². The van der Waals surface area contributed by atoms with Crippen LogP contribution in [-0.2, 0) is 18.8 Å². The maximum absolute atomic E-state index is 11.1. The molecule has 0 N–H and O–H groups in total. The minimum atomic E-state index is -0.289. The lowest BCUT2D eigenvalue weighted by Crippen LogP contribution is -2.41. The zero-order valence-corrected chi connectivity index (χ0v) is 14.1. The molecule has 0 bridgehead atoms. The lowest BCUT2D eigenvalue weighted by atomic mass is 9.89. The van der Waals surface area contributed by atoms with Gasteiger partial charge in [-0.2, -0.15) is 0 Å². The fraction of sp³-hybridized carbons (Fsp3) is 0.800. The third kappa shape index (κ3) is 5.45. The highest BCUT2D eigenvalue weighted by molar-refractivity contribution is 6.51. The van der Waals surface area contributed by atoms with Crippen LogP contribution in [0.2, 0.25) is 0 Å². The fourth-order valence-corrected chi connectivity index (χ4v) is 2.02. The van der Waals surface area contributed by atoms with Gasteiger partial charge >= 0.3 is 13.1 Å². The lowest BCUT2D eigenvalue weighted by molar-refractivity contribution is -0.141. The molecule has 6 heteroatoms. The molecule has 0 radical (unpaired) electrons. The van der Waals surface area contributed by atoms with E-state index in [0.717, 1.165) is 19.4 Å². The second-order valence-corrected chi connectivity index (χ2v) is 6.51. The van der Waals surface area contributed by atoms with Crippen LogP contribution in [0.5, 0.6) is 0 Å². The van der Waals surface area contributed by atoms with E-state index in [-0.39, 0.29) is 24.3 Å². The molecule has 0 aliphatic carbocycles. The number of hydrogen-bond donors (Lipinski definition) is 0. The van der Waals surface area contributed by atoms with Crippen molar-refractivity contribution >= 4 is 13.1 Å². The number of rotatable bonds is 7. The highest BCUT2D eigenvalue weighted by Crippen LogP contribution is 2.36. The van der Waals surface area contributed by atoms with Gasteiger partial charge in [0.2, 0.25) is 0 Å². The minimum absolute atomic E-state index is 0.203. The predicted octanol–water partition coefficient (Wildman–Crippen LogP) is 2.06. The van der Waals surface area contributed by atoms with E-state index in [4.69, 9.17) is 9.31 Å². The van der Waals surface area contributed by atoms with E-state index in [9.17, 15) is 4.79 Å². The summed E-state index contributed by atoms with van der Waals surface area (Å²) in [4.78, 5) is 13.0. The van der Waals surface area contributed by atoms with Crippen LogP contribution in [0.15, 0.2) is 12.1 Å². The van der Waals surface area contributed by atoms with Crippen LogP contribution in [0, 0.1) is 0 Å². The first-order valence-electron chi connectivity index (χ1n) is 7.45. The molecule has 1 rings (SSSR count). The van der Waals surface area contributed by atoms with Gasteiger partial charge < -0.3 is 14.0 Å². The Morgan fingerprint density at radius 2 is 1.81 bits per heavy atom. The van der Waals surface area contributed by atoms with E-state index in [2.05, 4.69) is 10.8 Å². The lowest BCUT2D eigenvalue weighted by Gasteiger charge is -2.32. The second kappa shape index (κ2) is 7.43. The smallest absolute Gasteiger partial charge is 0.468 e. The van der Waals surface area contributed by atoms with E-state index in [1.165, 1.54) is 7.11 Å². The second-order valence-electron chi connectivity index (χ2n) is 6.51. The van der Waals surface area contributed by atoms with Gasteiger partial charge in [0.15, 0.2) is 0 Å². The Bertz CT molecular complexity index is 366. The van der Waals surface area contributed by atoms with Gasteiger partial charge in [-0.25, -0.2) is 0 Å². The maximum Gasteiger partial charge on any atom is 0.486 e. The van der Waals surface area contributed by atoms with Crippen molar-refractivity contribution in [3.05, 3.63) is 12.1 Å². The van der Waals surface area contributed by atoms with E-state index in [1.54, 1.807) is 0 Å². The number of nitrogens with zero attached hydrogens (tertiary/aromatic N) is 1. The molecule has 120 valence electrons. The number of unbranched alkanes of at least 4 members (excludes halogenated alkanes) is 1. The number of carbonyl (C=O) groups excluding carboxylic acids is 1. The Balaban J connectivity index is 2.23. The zero-order chi connectivity index (χ0) is 16.1. The van der Waals surface area contributed by atoms with Crippen LogP contribution in [0.1, 0.15) is 40.5 Å². The average molecular weight is 297 g/mol. The Labute approximate surface area is 128 Å². The quantitative estimate of drug-likeness (QED) is 0.409. The molecule has 0 aromatic heterocycles. The maximum atomic E-state index is 11.1. The van der Waals surface area contributed by atoms with Gasteiger partial charge in [0.05, 0.1) is 24.9 Å². The van der Waals surface area contributed by atoms with Crippen molar-refractivity contribution in [2.24, 2.45) is 0 Å². The van der Waals surface area contributed by atoms with Crippen LogP contribution in [0.25, 0.3) is 0 Å². The summed E-state index contributed by atoms with van der Waals surface area (Å²) in [5, 5.41) is 0. The molecule has 1 fully saturated rings. The summed E-state index contributed by atoms with van der Waals surface area (Å²) in [5.41, 5.74) is -0.578. The number of hydrogen-bond acceptors (Lipinski definition) is 5. The summed E-state index contributed by atoms with van der Waals surface area (Å²) in [6.45, 7) is 9.36. The average Bonchev–Trinajstić information content (AvgIpc) is 2.57. The molecule has 0 atom stereocenters. The van der Waals surface area contributed by atoms with Crippen molar-refractivity contribution in [3.8, 4) is 0 Å². The van der Waals surface area contributed by atoms with Crippen molar-refractivity contribution in [1.82, 2.24) is 4.90 Å². The molecular formula is C15H28BNO4. The van der Waals surface area contributed by atoms with Crippen molar-refractivity contribution in [3.63, 3.8) is 0 Å². The standard InChI is InChI=1S/C15H28BNO4/c1-14(2)15(3,4)21-16(20-14)10-8-7-9-11-17(5)12-13(18)19-6/h8,10H,7,9,11-12H2,1-6H3/b10-8+. The van der Waals surface area contributed by atoms with Crippen molar-refractivity contribution in [2.45, 2.75) is 51.7 Å². The van der Waals surface area contributed by atoms with Crippen LogP contribution >= 0.6 is 0 Å². The Morgan fingerprint density at radius 1 is 1.24 bits per heavy atom. The van der Waals surface area contributed by atoms with E-state index < -0.39 is 0 Å². The summed E-state index contributed by atoms with van der Waals surface area (Å²) in [7, 11) is 3.04. The first-order chi connectivity index (χ1) is 9.68. The monoisotopic (exact) mass is 297 g/mol. The molecule has 1 heterocycles. The van der Waals surface area contributed by atoms with E-state index in [1.807, 2.05) is 45.6 Å². The number of ether oxygens (including phenoxy) is 1. The van der Waals surface area contributed by atoms with Gasteiger partial charge in [0, 0.05) is 0 Å². The highest BCUT2D eigenvalue weighted by atomic mass is 16.7. The largest absolute Gasteiger partial charge is 0.486 e. The molecule has 1 aliphatic rings. The zero-order valence-electron chi connectivity index (χ0n) is 14.1. The molecule has 21 heavy (non-hydrogen) atoms. The topological polar surface area (TPSA) is 48.0 Å². The summed E-state index contributed by atoms with van der Waals surface area (Å²) in [5.74, 6) is 1.77. The van der Waals surface area contributed by atoms with Crippen LogP contribution in [-0.4, -0.2) is 56.4 Å². The number of methoxy groups -OCH3 is 1. The molecule has 0 unspecified atom stereocenters. The molecule has 0 aromatic rings. The SMILES string of the molecule is COC(=O)CN(C)CCC/C=C/B1OC(C)(C)C(C)(C)O1. The first kappa shape index (κ1) is 18.2. The minimum Gasteiger partial charge on any atom is -0.468 e. The predicted molar refractivity (Wildman–Crippen MR) is 84.0 cm³/mol. The number of allylic oxidation sites excluding steroid dienone is 1. The molecule has 0 amide bonds. The molecule has 0 saturated carbocycles. The molecule has 0 spiro atoms. The van der Waals surface area contributed by atoms with Crippen molar-refractivity contribution < 1.29 is 18.8 Å². The Kier molecular flexibility index (Phi) is 6.44. The third-order valence-electron chi connectivity index (χ3n) is 4.10. The van der Waals surface area contributed by atoms with Crippen molar-refractivity contribution in [1.29, 1.82) is 0 Å². The summed E-state index contributed by atoms with van der Waals surface area (Å²) < 4.78 is 16.4. The van der Waals surface area contributed by atoms with Gasteiger partial charge in [-0.3, -0.25) is 9.69 Å². The number of likely N-dealkylation sites (N-methyl/N-ethyl adjacent to an activating group) is 1. The van der Waals surface area contributed by atoms with Crippen LogP contribution in [0.3, 0.4) is 0 Å². The van der Waals surface area contributed by atoms with Crippen molar-refractivity contribution in [2.75, 3.05) is 27.2 Å².